The molecule has 0 saturated heterocycles. The number of aromatic nitrogens is 3. The molecule has 0 N–H and O–H groups in total. The van der Waals surface area contributed by atoms with Gasteiger partial charge in [-0.25, -0.2) is 9.18 Å². The standard InChI is InChI=1S/C14H9ClFN3O2/c1-21-14(20)9-6-11(15)13-18-17-12(19(13)7-9)8-2-4-10(16)5-3-8/h2-7H,1H3. The normalized spacial score (nSPS) is 10.8. The Hall–Kier alpha value is -2.47. The van der Waals surface area contributed by atoms with Gasteiger partial charge in [-0.15, -0.1) is 10.2 Å². The summed E-state index contributed by atoms with van der Waals surface area (Å²) in [5.74, 6) is -0.406. The number of ether oxygens (including phenoxy) is 1. The summed E-state index contributed by atoms with van der Waals surface area (Å²) in [6.45, 7) is 0. The quantitative estimate of drug-likeness (QED) is 0.683. The van der Waals surface area contributed by atoms with Crippen LogP contribution in [0.1, 0.15) is 10.4 Å². The van der Waals surface area contributed by atoms with Crippen LogP contribution in [0, 0.1) is 5.82 Å². The zero-order chi connectivity index (χ0) is 15.0. The number of pyridine rings is 1. The van der Waals surface area contributed by atoms with Gasteiger partial charge in [-0.05, 0) is 30.3 Å². The molecule has 0 atom stereocenters. The molecule has 0 radical (unpaired) electrons. The Labute approximate surface area is 123 Å². The molecule has 0 aliphatic heterocycles. The summed E-state index contributed by atoms with van der Waals surface area (Å²) < 4.78 is 19.2. The summed E-state index contributed by atoms with van der Waals surface area (Å²) in [6, 6.07) is 7.26. The van der Waals surface area contributed by atoms with Crippen molar-refractivity contribution >= 4 is 23.2 Å². The summed E-state index contributed by atoms with van der Waals surface area (Å²) >= 11 is 6.10. The average molecular weight is 306 g/mol. The molecule has 3 aromatic rings. The van der Waals surface area contributed by atoms with Gasteiger partial charge in [0.15, 0.2) is 11.5 Å². The lowest BCUT2D eigenvalue weighted by Gasteiger charge is -2.04. The molecule has 21 heavy (non-hydrogen) atoms. The van der Waals surface area contributed by atoms with Gasteiger partial charge < -0.3 is 4.74 Å². The maximum absolute atomic E-state index is 13.0. The number of hydrogen-bond acceptors (Lipinski definition) is 4. The molecule has 5 nitrogen and oxygen atoms in total. The summed E-state index contributed by atoms with van der Waals surface area (Å²) in [7, 11) is 1.29. The number of methoxy groups -OCH3 is 1. The van der Waals surface area contributed by atoms with Crippen molar-refractivity contribution in [3.8, 4) is 11.4 Å². The summed E-state index contributed by atoms with van der Waals surface area (Å²) in [5, 5.41) is 8.29. The number of nitrogens with zero attached hydrogens (tertiary/aromatic N) is 3. The van der Waals surface area contributed by atoms with Crippen molar-refractivity contribution in [3.05, 3.63) is 52.9 Å². The number of carbonyl (C=O) groups excluding carboxylic acids is 1. The van der Waals surface area contributed by atoms with Gasteiger partial charge in [-0.1, -0.05) is 11.6 Å². The molecule has 1 aromatic carbocycles. The summed E-state index contributed by atoms with van der Waals surface area (Å²) in [5.41, 5.74) is 1.34. The van der Waals surface area contributed by atoms with Crippen LogP contribution < -0.4 is 0 Å². The Morgan fingerprint density at radius 3 is 2.67 bits per heavy atom. The summed E-state index contributed by atoms with van der Waals surface area (Å²) in [4.78, 5) is 11.6. The third-order valence-corrected chi connectivity index (χ3v) is 3.26. The molecule has 7 heteroatoms. The van der Waals surface area contributed by atoms with E-state index in [0.29, 0.717) is 17.0 Å². The Morgan fingerprint density at radius 2 is 2.00 bits per heavy atom. The van der Waals surface area contributed by atoms with Crippen molar-refractivity contribution in [1.29, 1.82) is 0 Å². The first-order valence-electron chi connectivity index (χ1n) is 5.98. The van der Waals surface area contributed by atoms with E-state index in [2.05, 4.69) is 14.9 Å². The van der Waals surface area contributed by atoms with Crippen LogP contribution in [0.5, 0.6) is 0 Å². The fourth-order valence-corrected chi connectivity index (χ4v) is 2.23. The molecule has 0 aliphatic rings. The van der Waals surface area contributed by atoms with Crippen molar-refractivity contribution < 1.29 is 13.9 Å². The van der Waals surface area contributed by atoms with Gasteiger partial charge in [0.2, 0.25) is 0 Å². The highest BCUT2D eigenvalue weighted by atomic mass is 35.5. The summed E-state index contributed by atoms with van der Waals surface area (Å²) in [6.07, 6.45) is 1.53. The minimum Gasteiger partial charge on any atom is -0.465 e. The van der Waals surface area contributed by atoms with Crippen LogP contribution in [0.2, 0.25) is 5.02 Å². The lowest BCUT2D eigenvalue weighted by atomic mass is 10.2. The van der Waals surface area contributed by atoms with E-state index in [-0.39, 0.29) is 16.4 Å². The molecule has 2 aromatic heterocycles. The predicted octanol–water partition coefficient (Wildman–Crippen LogP) is 2.98. The Morgan fingerprint density at radius 1 is 1.29 bits per heavy atom. The van der Waals surface area contributed by atoms with Gasteiger partial charge in [0, 0.05) is 11.8 Å². The first-order valence-corrected chi connectivity index (χ1v) is 6.36. The van der Waals surface area contributed by atoms with Crippen LogP contribution in [-0.2, 0) is 4.74 Å². The number of fused-ring (bicyclic) bond motifs is 1. The van der Waals surface area contributed by atoms with Gasteiger partial charge in [-0.2, -0.15) is 0 Å². The topological polar surface area (TPSA) is 56.5 Å². The third-order valence-electron chi connectivity index (χ3n) is 2.98. The molecule has 0 amide bonds. The molecule has 0 saturated carbocycles. The highest BCUT2D eigenvalue weighted by Gasteiger charge is 2.15. The maximum atomic E-state index is 13.0. The first kappa shape index (κ1) is 13.5. The van der Waals surface area contributed by atoms with E-state index in [1.54, 1.807) is 16.5 Å². The highest BCUT2D eigenvalue weighted by Crippen LogP contribution is 2.24. The van der Waals surface area contributed by atoms with Crippen LogP contribution in [0.25, 0.3) is 17.0 Å². The SMILES string of the molecule is COC(=O)c1cc(Cl)c2nnc(-c3ccc(F)cc3)n2c1. The molecule has 0 spiro atoms. The van der Waals surface area contributed by atoms with Gasteiger partial charge in [0.05, 0.1) is 17.7 Å². The lowest BCUT2D eigenvalue weighted by molar-refractivity contribution is 0.0600. The molecular formula is C14H9ClFN3O2. The van der Waals surface area contributed by atoms with E-state index in [1.165, 1.54) is 31.5 Å². The van der Waals surface area contributed by atoms with E-state index < -0.39 is 5.97 Å². The first-order chi connectivity index (χ1) is 10.1. The van der Waals surface area contributed by atoms with Crippen molar-refractivity contribution in [1.82, 2.24) is 14.6 Å². The minimum absolute atomic E-state index is 0.276. The molecule has 0 aliphatic carbocycles. The van der Waals surface area contributed by atoms with Crippen LogP contribution in [0.4, 0.5) is 4.39 Å². The van der Waals surface area contributed by atoms with Crippen molar-refractivity contribution in [3.63, 3.8) is 0 Å². The Bertz CT molecular complexity index is 830. The average Bonchev–Trinajstić information content (AvgIpc) is 2.91. The largest absolute Gasteiger partial charge is 0.465 e. The van der Waals surface area contributed by atoms with Crippen molar-refractivity contribution in [2.24, 2.45) is 0 Å². The Balaban J connectivity index is 2.22. The van der Waals surface area contributed by atoms with Gasteiger partial charge in [0.1, 0.15) is 5.82 Å². The van der Waals surface area contributed by atoms with Crippen molar-refractivity contribution in [2.75, 3.05) is 7.11 Å². The number of halogens is 2. The number of benzene rings is 1. The number of hydrogen-bond donors (Lipinski definition) is 0. The van der Waals surface area contributed by atoms with E-state index in [4.69, 9.17) is 11.6 Å². The molecule has 0 bridgehead atoms. The van der Waals surface area contributed by atoms with E-state index in [9.17, 15) is 9.18 Å². The van der Waals surface area contributed by atoms with Gasteiger partial charge >= 0.3 is 5.97 Å². The smallest absolute Gasteiger partial charge is 0.339 e. The molecule has 106 valence electrons. The second-order valence-electron chi connectivity index (χ2n) is 4.29. The lowest BCUT2D eigenvalue weighted by Crippen LogP contribution is -2.03. The van der Waals surface area contributed by atoms with Gasteiger partial charge in [-0.3, -0.25) is 4.40 Å². The minimum atomic E-state index is -0.516. The van der Waals surface area contributed by atoms with Crippen LogP contribution in [-0.4, -0.2) is 27.7 Å². The second-order valence-corrected chi connectivity index (χ2v) is 4.70. The molecule has 0 unspecified atom stereocenters. The van der Waals surface area contributed by atoms with Crippen LogP contribution in [0.3, 0.4) is 0 Å². The fraction of sp³-hybridized carbons (Fsp3) is 0.0714. The van der Waals surface area contributed by atoms with E-state index in [0.717, 1.165) is 0 Å². The zero-order valence-electron chi connectivity index (χ0n) is 10.9. The predicted molar refractivity (Wildman–Crippen MR) is 74.7 cm³/mol. The van der Waals surface area contributed by atoms with Crippen LogP contribution in [0.15, 0.2) is 36.5 Å². The zero-order valence-corrected chi connectivity index (χ0v) is 11.6. The van der Waals surface area contributed by atoms with E-state index >= 15 is 0 Å². The molecule has 0 fully saturated rings. The highest BCUT2D eigenvalue weighted by molar-refractivity contribution is 6.33. The fourth-order valence-electron chi connectivity index (χ4n) is 1.98. The van der Waals surface area contributed by atoms with E-state index in [1.807, 2.05) is 0 Å². The van der Waals surface area contributed by atoms with Crippen molar-refractivity contribution in [2.45, 2.75) is 0 Å². The number of carbonyl (C=O) groups is 1. The van der Waals surface area contributed by atoms with Gasteiger partial charge in [0.25, 0.3) is 0 Å². The Kier molecular flexibility index (Phi) is 3.31. The third kappa shape index (κ3) is 2.34. The monoisotopic (exact) mass is 305 g/mol. The second kappa shape index (κ2) is 5.14. The molecule has 3 rings (SSSR count). The number of rotatable bonds is 2. The molecule has 2 heterocycles. The number of esters is 1. The molecular weight excluding hydrogens is 297 g/mol. The maximum Gasteiger partial charge on any atom is 0.339 e. The van der Waals surface area contributed by atoms with Crippen LogP contribution >= 0.6 is 11.6 Å².